The van der Waals surface area contributed by atoms with Crippen LogP contribution in [0.4, 0.5) is 0 Å². The lowest BCUT2D eigenvalue weighted by Gasteiger charge is -2.18. The van der Waals surface area contributed by atoms with E-state index in [1.807, 2.05) is 111 Å². The Labute approximate surface area is 644 Å². The van der Waals surface area contributed by atoms with Crippen LogP contribution in [-0.4, -0.2) is 201 Å². The number of aliphatic hydroxyl groups excluding tert-OH is 1. The fourth-order valence-corrected chi connectivity index (χ4v) is 8.92. The number of carbonyl (C=O) groups is 8. The molecule has 0 spiro atoms. The number of methoxy groups -OCH3 is 1. The van der Waals surface area contributed by atoms with E-state index in [0.29, 0.717) is 103 Å². The van der Waals surface area contributed by atoms with Gasteiger partial charge in [0, 0.05) is 178 Å². The topological polar surface area (TPSA) is 326 Å². The summed E-state index contributed by atoms with van der Waals surface area (Å²) in [6.07, 6.45) is 4.05. The Morgan fingerprint density at radius 3 is 1.14 bits per heavy atom. The average Bonchev–Trinajstić information content (AvgIpc) is 0.974. The van der Waals surface area contributed by atoms with Crippen LogP contribution in [0, 0.1) is 53.3 Å². The van der Waals surface area contributed by atoms with E-state index >= 15 is 0 Å². The molecule has 5 atom stereocenters. The van der Waals surface area contributed by atoms with Crippen molar-refractivity contribution in [3.05, 3.63) is 0 Å². The Hall–Kier alpha value is -2.62. The van der Waals surface area contributed by atoms with Gasteiger partial charge in [0.15, 0.2) is 16.7 Å². The number of thiol groups is 1. The first-order valence-corrected chi connectivity index (χ1v) is 40.7. The molecule has 0 heterocycles. The van der Waals surface area contributed by atoms with E-state index in [2.05, 4.69) is 157 Å². The highest BCUT2D eigenvalue weighted by Crippen LogP contribution is 2.13. The third-order valence-electron chi connectivity index (χ3n) is 14.6. The second-order valence-corrected chi connectivity index (χ2v) is 33.5. The van der Waals surface area contributed by atoms with Gasteiger partial charge in [-0.25, -0.2) is 0 Å². The maximum atomic E-state index is 11.8. The number of Topliss-reactive ketones (excluding diaryl/α,β-unsaturated/α-hetero) is 6. The van der Waals surface area contributed by atoms with Crippen LogP contribution in [0.25, 0.3) is 0 Å². The minimum absolute atomic E-state index is 0.0428. The summed E-state index contributed by atoms with van der Waals surface area (Å²) in [6.45, 7) is 71.8. The average molecular weight is 1510 g/mol. The molecule has 0 rings (SSSR count). The maximum Gasteiger partial charge on any atom is 0.222 e. The number of ketones is 6. The van der Waals surface area contributed by atoms with Gasteiger partial charge in [0.05, 0.1) is 12.6 Å². The molecule has 0 aromatic heterocycles. The lowest BCUT2D eigenvalue weighted by Crippen LogP contribution is -2.39. The summed E-state index contributed by atoms with van der Waals surface area (Å²) < 4.78 is 5.08. The van der Waals surface area contributed by atoms with Crippen LogP contribution in [-0.2, 0) is 43.1 Å². The molecule has 5 unspecified atom stereocenters. The second kappa shape index (κ2) is 74.8. The molecule has 0 aliphatic rings. The molecule has 23 heteroatoms. The van der Waals surface area contributed by atoms with E-state index in [-0.39, 0.29) is 93.9 Å². The zero-order valence-corrected chi connectivity index (χ0v) is 74.2. The quantitative estimate of drug-likeness (QED) is 0.0199. The molecule has 14 N–H and O–H groups in total. The molecule has 618 valence electrons. The van der Waals surface area contributed by atoms with Gasteiger partial charge in [-0.15, -0.1) is 0 Å². The van der Waals surface area contributed by atoms with Gasteiger partial charge in [-0.05, 0) is 51.9 Å². The molecule has 0 aliphatic carbocycles. The van der Waals surface area contributed by atoms with Crippen molar-refractivity contribution in [1.29, 1.82) is 0 Å². The SMILES string of the molecule is CC(C)NCC(N)CC(=O)C(C)C.CC(C)NCC(S)CC(=O)C(C)C.CC(C)NCCC(N)C(=O)C(C)C.CC(C)NCCC(O)C(=O)C(C)C.CC(C)NCCCC(=O)C(C)C.CC(C)NCCNC(=O)C(C)C.CC(C)NCCSC(=O)C(C)C.COCC(CCNC(C)C)C(=O)C(C)C. The van der Waals surface area contributed by atoms with Crippen molar-refractivity contribution in [1.82, 2.24) is 47.9 Å². The normalized spacial score (nSPS) is 12.8. The van der Waals surface area contributed by atoms with Gasteiger partial charge in [-0.2, -0.15) is 12.6 Å². The van der Waals surface area contributed by atoms with Crippen molar-refractivity contribution in [2.24, 2.45) is 64.7 Å². The van der Waals surface area contributed by atoms with E-state index in [1.165, 1.54) is 11.8 Å². The standard InChI is InChI=1S/C12H25NO2.2C10H22N2O.C10H21NO2.C10H21NOS.C10H21NO.C9H20N2O.C9H19NOS/c1-9(2)12(14)11(8-15-5)6-7-13-10(3)4;1-7(2)10(13)5-9(11)6-12-8(3)4;1-7(2)10(13)9(11)5-6-12-8(3)4;1-7(2)10(13)9(12)5-6-11-8(3)4;1-7(2)10(12)5-9(13)6-11-8(3)4;1-8(2)10(12)6-5-7-11-9(3)4;1-7(2)9(12)11-6-5-10-8(3)4;1-7(2)9(11)12-6-5-10-8(3)4/h9-11,13H,6-8H2,1-5H3;2*7-9,12H,5-6,11H2,1-4H3;7-9,11-12H,5-6H2,1-4H3;7-9,11,13H,5-6H2,1-4H3;8-9,11H,5-7H2,1-4H3;7-8,10H,5-6H2,1-4H3,(H,11,12);7-8,10H,5-6H2,1-4H3. The highest BCUT2D eigenvalue weighted by molar-refractivity contribution is 8.13. The third-order valence-corrected chi connectivity index (χ3v) is 16.1. The first-order chi connectivity index (χ1) is 47.4. The third kappa shape index (κ3) is 91.7. The van der Waals surface area contributed by atoms with E-state index in [4.69, 9.17) is 16.2 Å². The molecular formula is C80H171N11O10S2. The van der Waals surface area contributed by atoms with Crippen LogP contribution in [0.2, 0.25) is 0 Å². The van der Waals surface area contributed by atoms with Gasteiger partial charge < -0.3 is 69.2 Å². The molecule has 0 fully saturated rings. The van der Waals surface area contributed by atoms with Crippen LogP contribution in [0.1, 0.15) is 267 Å². The number of hydrogen-bond donors (Lipinski definition) is 13. The van der Waals surface area contributed by atoms with Crippen LogP contribution >= 0.6 is 24.4 Å². The first kappa shape index (κ1) is 116. The number of amides is 1. The number of ether oxygens (including phenoxy) is 1. The van der Waals surface area contributed by atoms with Gasteiger partial charge in [-0.1, -0.05) is 233 Å². The minimum Gasteiger partial charge on any atom is -0.385 e. The molecule has 0 aromatic rings. The van der Waals surface area contributed by atoms with Gasteiger partial charge in [-0.3, -0.25) is 38.4 Å². The predicted octanol–water partition coefficient (Wildman–Crippen LogP) is 11.2. The molecule has 1 amide bonds. The number of hydrogen-bond acceptors (Lipinski definition) is 22. The van der Waals surface area contributed by atoms with Crippen LogP contribution in [0.15, 0.2) is 0 Å². The van der Waals surface area contributed by atoms with Crippen LogP contribution < -0.4 is 59.3 Å². The smallest absolute Gasteiger partial charge is 0.222 e. The number of thioether (sulfide) groups is 1. The second-order valence-electron chi connectivity index (χ2n) is 31.6. The van der Waals surface area contributed by atoms with Crippen molar-refractivity contribution < 1.29 is 48.2 Å². The summed E-state index contributed by atoms with van der Waals surface area (Å²) >= 11 is 5.78. The summed E-state index contributed by atoms with van der Waals surface area (Å²) in [6, 6.07) is 3.41. The summed E-state index contributed by atoms with van der Waals surface area (Å²) in [4.78, 5) is 90.3. The van der Waals surface area contributed by atoms with E-state index in [1.54, 1.807) is 21.0 Å². The minimum atomic E-state index is -0.800. The molecule has 0 saturated heterocycles. The van der Waals surface area contributed by atoms with Gasteiger partial charge >= 0.3 is 0 Å². The number of carbonyl (C=O) groups excluding carboxylic acids is 8. The molecule has 21 nitrogen and oxygen atoms in total. The van der Waals surface area contributed by atoms with Gasteiger partial charge in [0.2, 0.25) is 5.91 Å². The summed E-state index contributed by atoms with van der Waals surface area (Å²) in [5, 5.41) is 38.7. The summed E-state index contributed by atoms with van der Waals surface area (Å²) in [5.74, 6) is 3.13. The zero-order chi connectivity index (χ0) is 82.2. The molecule has 103 heavy (non-hydrogen) atoms. The Balaban J connectivity index is -0.000000167. The molecule has 0 aromatic carbocycles. The van der Waals surface area contributed by atoms with Crippen molar-refractivity contribution in [2.45, 2.75) is 338 Å². The lowest BCUT2D eigenvalue weighted by molar-refractivity contribution is -0.130. The highest BCUT2D eigenvalue weighted by atomic mass is 32.2. The Morgan fingerprint density at radius 2 is 0.757 bits per heavy atom. The highest BCUT2D eigenvalue weighted by Gasteiger charge is 2.22. The molecule has 0 radical (unpaired) electrons. The number of rotatable bonds is 48. The number of nitrogens with one attached hydrogen (secondary N) is 9. The summed E-state index contributed by atoms with van der Waals surface area (Å²) in [5.41, 5.74) is 11.5. The number of nitrogens with two attached hydrogens (primary N) is 2. The number of aliphatic hydroxyl groups is 1. The van der Waals surface area contributed by atoms with Crippen molar-refractivity contribution in [3.8, 4) is 0 Å². The lowest BCUT2D eigenvalue weighted by atomic mass is 9.93. The zero-order valence-electron chi connectivity index (χ0n) is 72.5. The van der Waals surface area contributed by atoms with E-state index in [9.17, 15) is 43.5 Å². The predicted molar refractivity (Wildman–Crippen MR) is 447 cm³/mol. The molecular weight excluding hydrogens is 1340 g/mol. The Kier molecular flexibility index (Phi) is 84.4. The van der Waals surface area contributed by atoms with Crippen molar-refractivity contribution in [3.63, 3.8) is 0 Å². The molecule has 0 bridgehead atoms. The first-order valence-electron chi connectivity index (χ1n) is 39.2. The fourth-order valence-electron chi connectivity index (χ4n) is 7.88. The van der Waals surface area contributed by atoms with Gasteiger partial charge in [0.25, 0.3) is 0 Å². The van der Waals surface area contributed by atoms with Crippen LogP contribution in [0.3, 0.4) is 0 Å². The van der Waals surface area contributed by atoms with E-state index in [0.717, 1.165) is 83.8 Å². The van der Waals surface area contributed by atoms with Gasteiger partial charge in [0.1, 0.15) is 29.2 Å². The van der Waals surface area contributed by atoms with Crippen molar-refractivity contribution in [2.75, 3.05) is 78.4 Å². The molecule has 0 saturated carbocycles. The summed E-state index contributed by atoms with van der Waals surface area (Å²) in [7, 11) is 1.65. The van der Waals surface area contributed by atoms with E-state index < -0.39 is 6.10 Å². The monoisotopic (exact) mass is 1510 g/mol. The fraction of sp³-hybridized carbons (Fsp3) is 0.900. The van der Waals surface area contributed by atoms with Crippen molar-refractivity contribution >= 4 is 70.1 Å². The Bertz CT molecular complexity index is 1890. The largest absolute Gasteiger partial charge is 0.385 e. The van der Waals surface area contributed by atoms with Crippen LogP contribution in [0.5, 0.6) is 0 Å². The Morgan fingerprint density at radius 1 is 0.388 bits per heavy atom. The maximum absolute atomic E-state index is 11.8. The molecule has 0 aliphatic heterocycles.